The van der Waals surface area contributed by atoms with Crippen LogP contribution >= 0.6 is 0 Å². The van der Waals surface area contributed by atoms with Crippen molar-refractivity contribution in [1.82, 2.24) is 5.32 Å². The van der Waals surface area contributed by atoms with Gasteiger partial charge in [0, 0.05) is 6.54 Å². The third-order valence-corrected chi connectivity index (χ3v) is 3.23. The molecule has 1 saturated heterocycles. The van der Waals surface area contributed by atoms with E-state index in [9.17, 15) is 22.0 Å². The fraction of sp³-hybridized carbons (Fsp3) is 0.500. The Labute approximate surface area is 107 Å². The molecule has 0 amide bonds. The molecule has 0 bridgehead atoms. The predicted octanol–water partition coefficient (Wildman–Crippen LogP) is 2.79. The quantitative estimate of drug-likeness (QED) is 0.503. The van der Waals surface area contributed by atoms with Crippen LogP contribution in [0.25, 0.3) is 0 Å². The Morgan fingerprint density at radius 2 is 1.53 bits per heavy atom. The van der Waals surface area contributed by atoms with Gasteiger partial charge in [0.05, 0.1) is 0 Å². The van der Waals surface area contributed by atoms with Gasteiger partial charge < -0.3 is 10.6 Å². The molecule has 106 valence electrons. The van der Waals surface area contributed by atoms with Crippen molar-refractivity contribution in [3.05, 3.63) is 29.1 Å². The Kier molecular flexibility index (Phi) is 4.24. The molecular weight excluding hydrogens is 267 g/mol. The highest BCUT2D eigenvalue weighted by molar-refractivity contribution is 5.47. The van der Waals surface area contributed by atoms with E-state index in [-0.39, 0.29) is 6.54 Å². The molecule has 1 fully saturated rings. The molecule has 1 atom stereocenters. The Bertz CT molecular complexity index is 443. The van der Waals surface area contributed by atoms with Gasteiger partial charge in [-0.1, -0.05) is 0 Å². The highest BCUT2D eigenvalue weighted by Gasteiger charge is 2.25. The number of rotatable bonds is 4. The van der Waals surface area contributed by atoms with Crippen LogP contribution in [0.4, 0.5) is 27.6 Å². The molecule has 2 rings (SSSR count). The Hall–Kier alpha value is -1.37. The van der Waals surface area contributed by atoms with Crippen molar-refractivity contribution in [1.29, 1.82) is 0 Å². The third-order valence-electron chi connectivity index (χ3n) is 3.23. The second-order valence-corrected chi connectivity index (χ2v) is 4.52. The highest BCUT2D eigenvalue weighted by Crippen LogP contribution is 2.27. The van der Waals surface area contributed by atoms with Crippen LogP contribution in [0.2, 0.25) is 0 Å². The summed E-state index contributed by atoms with van der Waals surface area (Å²) in [6, 6.07) is 0. The Morgan fingerprint density at radius 1 is 0.947 bits per heavy atom. The van der Waals surface area contributed by atoms with Crippen LogP contribution in [0.1, 0.15) is 12.8 Å². The Balaban J connectivity index is 2.07. The normalized spacial score (nSPS) is 18.9. The molecule has 2 nitrogen and oxygen atoms in total. The minimum Gasteiger partial charge on any atom is -0.380 e. The van der Waals surface area contributed by atoms with Gasteiger partial charge >= 0.3 is 0 Å². The summed E-state index contributed by atoms with van der Waals surface area (Å²) in [5, 5.41) is 5.42. The van der Waals surface area contributed by atoms with Crippen molar-refractivity contribution in [2.75, 3.05) is 25.0 Å². The van der Waals surface area contributed by atoms with Crippen molar-refractivity contribution in [2.45, 2.75) is 12.8 Å². The second kappa shape index (κ2) is 5.73. The van der Waals surface area contributed by atoms with Gasteiger partial charge in [-0.25, -0.2) is 22.0 Å². The van der Waals surface area contributed by atoms with Crippen LogP contribution in [0.15, 0.2) is 0 Å². The third kappa shape index (κ3) is 2.80. The molecule has 0 aliphatic carbocycles. The highest BCUT2D eigenvalue weighted by atomic mass is 19.2. The lowest BCUT2D eigenvalue weighted by molar-refractivity contribution is 0.381. The molecule has 1 aromatic carbocycles. The van der Waals surface area contributed by atoms with Gasteiger partial charge in [0.1, 0.15) is 5.69 Å². The van der Waals surface area contributed by atoms with Crippen LogP contribution in [-0.2, 0) is 0 Å². The van der Waals surface area contributed by atoms with Crippen molar-refractivity contribution in [3.8, 4) is 0 Å². The first kappa shape index (κ1) is 14.0. The number of halogens is 5. The zero-order valence-corrected chi connectivity index (χ0v) is 10.0. The van der Waals surface area contributed by atoms with E-state index in [1.165, 1.54) is 0 Å². The molecule has 19 heavy (non-hydrogen) atoms. The van der Waals surface area contributed by atoms with E-state index in [4.69, 9.17) is 0 Å². The molecule has 0 spiro atoms. The summed E-state index contributed by atoms with van der Waals surface area (Å²) in [7, 11) is 0. The van der Waals surface area contributed by atoms with E-state index in [2.05, 4.69) is 10.6 Å². The fourth-order valence-corrected chi connectivity index (χ4v) is 2.12. The van der Waals surface area contributed by atoms with Crippen LogP contribution < -0.4 is 10.6 Å². The average Bonchev–Trinajstić information content (AvgIpc) is 2.91. The number of benzene rings is 1. The predicted molar refractivity (Wildman–Crippen MR) is 60.3 cm³/mol. The van der Waals surface area contributed by atoms with Gasteiger partial charge in [0.2, 0.25) is 5.82 Å². The van der Waals surface area contributed by atoms with Crippen LogP contribution in [0, 0.1) is 35.0 Å². The van der Waals surface area contributed by atoms with E-state index >= 15 is 0 Å². The van der Waals surface area contributed by atoms with Gasteiger partial charge in [-0.05, 0) is 31.8 Å². The lowest BCUT2D eigenvalue weighted by Crippen LogP contribution is -2.15. The standard InChI is InChI=1S/C12H13F5N2/c13-7-8(14)10(16)12(11(17)9(7)15)19-4-2-6-1-3-18-5-6/h6,18-19H,1-5H2. The maximum atomic E-state index is 13.3. The summed E-state index contributed by atoms with van der Waals surface area (Å²) in [5.41, 5.74) is -0.956. The molecular formula is C12H13F5N2. The van der Waals surface area contributed by atoms with Crippen LogP contribution in [-0.4, -0.2) is 19.6 Å². The lowest BCUT2D eigenvalue weighted by atomic mass is 10.1. The number of nitrogens with one attached hydrogen (secondary N) is 2. The maximum Gasteiger partial charge on any atom is 0.200 e. The van der Waals surface area contributed by atoms with E-state index in [1.54, 1.807) is 0 Å². The molecule has 7 heteroatoms. The van der Waals surface area contributed by atoms with Crippen LogP contribution in [0.3, 0.4) is 0 Å². The van der Waals surface area contributed by atoms with Crippen molar-refractivity contribution in [2.24, 2.45) is 5.92 Å². The van der Waals surface area contributed by atoms with E-state index in [0.29, 0.717) is 12.3 Å². The van der Waals surface area contributed by atoms with Gasteiger partial charge in [0.25, 0.3) is 0 Å². The molecule has 0 radical (unpaired) electrons. The zero-order chi connectivity index (χ0) is 14.0. The number of hydrogen-bond donors (Lipinski definition) is 2. The zero-order valence-electron chi connectivity index (χ0n) is 10.0. The van der Waals surface area contributed by atoms with Crippen molar-refractivity contribution in [3.63, 3.8) is 0 Å². The van der Waals surface area contributed by atoms with Gasteiger partial charge in [-0.3, -0.25) is 0 Å². The first-order chi connectivity index (χ1) is 9.02. The summed E-state index contributed by atoms with van der Waals surface area (Å²) in [6.45, 7) is 1.84. The molecule has 1 heterocycles. The summed E-state index contributed by atoms with van der Waals surface area (Å²) < 4.78 is 65.3. The topological polar surface area (TPSA) is 24.1 Å². The first-order valence-electron chi connectivity index (χ1n) is 5.98. The molecule has 1 aliphatic rings. The van der Waals surface area contributed by atoms with Gasteiger partial charge in [0.15, 0.2) is 23.3 Å². The average molecular weight is 280 g/mol. The van der Waals surface area contributed by atoms with Crippen LogP contribution in [0.5, 0.6) is 0 Å². The van der Waals surface area contributed by atoms with E-state index < -0.39 is 34.8 Å². The Morgan fingerprint density at radius 3 is 2.05 bits per heavy atom. The monoisotopic (exact) mass is 280 g/mol. The molecule has 0 aromatic heterocycles. The first-order valence-corrected chi connectivity index (χ1v) is 5.98. The van der Waals surface area contributed by atoms with Crippen molar-refractivity contribution < 1.29 is 22.0 Å². The van der Waals surface area contributed by atoms with Crippen molar-refractivity contribution >= 4 is 5.69 Å². The SMILES string of the molecule is Fc1c(F)c(F)c(NCCC2CCNC2)c(F)c1F. The summed E-state index contributed by atoms with van der Waals surface area (Å²) in [6.07, 6.45) is 1.55. The maximum absolute atomic E-state index is 13.3. The summed E-state index contributed by atoms with van der Waals surface area (Å²) in [5.74, 6) is -9.27. The number of anilines is 1. The molecule has 1 unspecified atom stereocenters. The summed E-state index contributed by atoms with van der Waals surface area (Å²) in [4.78, 5) is 0. The smallest absolute Gasteiger partial charge is 0.200 e. The fourth-order valence-electron chi connectivity index (χ4n) is 2.12. The van der Waals surface area contributed by atoms with Gasteiger partial charge in [-0.2, -0.15) is 0 Å². The number of hydrogen-bond acceptors (Lipinski definition) is 2. The van der Waals surface area contributed by atoms with Gasteiger partial charge in [-0.15, -0.1) is 0 Å². The molecule has 1 aromatic rings. The van der Waals surface area contributed by atoms with E-state index in [1.807, 2.05) is 0 Å². The second-order valence-electron chi connectivity index (χ2n) is 4.52. The summed E-state index contributed by atoms with van der Waals surface area (Å²) >= 11 is 0. The molecule has 2 N–H and O–H groups in total. The lowest BCUT2D eigenvalue weighted by Gasteiger charge is -2.12. The minimum atomic E-state index is -2.14. The van der Waals surface area contributed by atoms with E-state index in [0.717, 1.165) is 19.5 Å². The molecule has 1 aliphatic heterocycles. The largest absolute Gasteiger partial charge is 0.380 e. The molecule has 0 saturated carbocycles. The minimum absolute atomic E-state index is 0.157.